The van der Waals surface area contributed by atoms with Crippen molar-refractivity contribution in [3.8, 4) is 0 Å². The Hall–Kier alpha value is -4.97. The Morgan fingerprint density at radius 2 is 0.592 bits per heavy atom. The first-order valence-corrected chi connectivity index (χ1v) is 28.0. The second kappa shape index (κ2) is 57.6. The molecule has 0 N–H and O–H groups in total. The van der Waals surface area contributed by atoms with Crippen LogP contribution in [0, 0.1) is 0 Å². The van der Waals surface area contributed by atoms with Crippen LogP contribution in [0.5, 0.6) is 0 Å². The molecule has 396 valence electrons. The first kappa shape index (κ1) is 66.0. The van der Waals surface area contributed by atoms with Crippen molar-refractivity contribution in [3.05, 3.63) is 158 Å². The molecular weight excluding hydrogens is 877 g/mol. The molecular formula is C65H100O6. The molecule has 0 aliphatic rings. The third-order valence-corrected chi connectivity index (χ3v) is 11.0. The highest BCUT2D eigenvalue weighted by Crippen LogP contribution is 2.12. The van der Waals surface area contributed by atoms with E-state index in [9.17, 15) is 14.4 Å². The molecule has 0 rings (SSSR count). The summed E-state index contributed by atoms with van der Waals surface area (Å²) < 4.78 is 16.7. The van der Waals surface area contributed by atoms with Gasteiger partial charge in [-0.3, -0.25) is 14.4 Å². The monoisotopic (exact) mass is 977 g/mol. The molecule has 0 bridgehead atoms. The van der Waals surface area contributed by atoms with E-state index in [0.29, 0.717) is 19.3 Å². The van der Waals surface area contributed by atoms with Gasteiger partial charge in [0.15, 0.2) is 6.10 Å². The molecule has 1 unspecified atom stereocenters. The number of allylic oxidation sites excluding steroid dienone is 25. The van der Waals surface area contributed by atoms with Crippen molar-refractivity contribution < 1.29 is 28.6 Å². The standard InChI is InChI=1S/C65H100O6/c1-4-7-10-13-16-19-22-24-26-27-28-29-30-31-32-33-34-35-36-37-39-40-43-46-49-52-55-58-64(67)70-61-62(60-69-63(66)57-54-51-48-45-42-21-18-15-12-9-6-3)71-65(68)59-56-53-50-47-44-41-38-25-23-20-17-14-11-8-5-2/h7-8,10-11,15-20,24-26,28-29,31-32,34-35,37-39,44,47,53,56,62H,4-6,9,12-14,21-23,27,30,33,36,40-43,45-46,48-52,54-55,57-61H2,1-3H3/b10-7-,11-8-,18-15-,19-16-,20-17-,26-24-,29-28-,32-31-,35-34-,38-25-,39-37-,47-44-,56-53-. The molecule has 6 heteroatoms. The molecule has 0 aromatic heterocycles. The normalized spacial score (nSPS) is 13.3. The van der Waals surface area contributed by atoms with Gasteiger partial charge in [-0.25, -0.2) is 0 Å². The van der Waals surface area contributed by atoms with Crippen LogP contribution < -0.4 is 0 Å². The van der Waals surface area contributed by atoms with Crippen LogP contribution in [-0.2, 0) is 28.6 Å². The Morgan fingerprint density at radius 1 is 0.310 bits per heavy atom. The highest BCUT2D eigenvalue weighted by atomic mass is 16.6. The van der Waals surface area contributed by atoms with E-state index in [2.05, 4.69) is 167 Å². The second-order valence-electron chi connectivity index (χ2n) is 17.7. The molecule has 0 amide bonds. The van der Waals surface area contributed by atoms with Crippen molar-refractivity contribution in [1.82, 2.24) is 0 Å². The fourth-order valence-electron chi connectivity index (χ4n) is 6.89. The lowest BCUT2D eigenvalue weighted by atomic mass is 10.1. The van der Waals surface area contributed by atoms with Gasteiger partial charge in [0.25, 0.3) is 0 Å². The molecule has 0 fully saturated rings. The van der Waals surface area contributed by atoms with Gasteiger partial charge < -0.3 is 14.2 Å². The molecule has 0 spiro atoms. The fraction of sp³-hybridized carbons (Fsp3) is 0.554. The number of ether oxygens (including phenoxy) is 3. The Labute approximate surface area is 435 Å². The van der Waals surface area contributed by atoms with Crippen molar-refractivity contribution in [2.45, 2.75) is 219 Å². The van der Waals surface area contributed by atoms with Gasteiger partial charge in [0.1, 0.15) is 13.2 Å². The predicted octanol–water partition coefficient (Wildman–Crippen LogP) is 19.0. The summed E-state index contributed by atoms with van der Waals surface area (Å²) in [5.74, 6) is -1.11. The maximum absolute atomic E-state index is 12.8. The third kappa shape index (κ3) is 55.8. The Kier molecular flexibility index (Phi) is 53.6. The predicted molar refractivity (Wildman–Crippen MR) is 306 cm³/mol. The summed E-state index contributed by atoms with van der Waals surface area (Å²) in [5.41, 5.74) is 0. The van der Waals surface area contributed by atoms with Crippen LogP contribution in [0.3, 0.4) is 0 Å². The molecule has 0 heterocycles. The summed E-state index contributed by atoms with van der Waals surface area (Å²) >= 11 is 0. The highest BCUT2D eigenvalue weighted by Gasteiger charge is 2.19. The lowest BCUT2D eigenvalue weighted by molar-refractivity contribution is -0.166. The zero-order chi connectivity index (χ0) is 51.4. The van der Waals surface area contributed by atoms with Gasteiger partial charge >= 0.3 is 17.9 Å². The van der Waals surface area contributed by atoms with Crippen molar-refractivity contribution in [3.63, 3.8) is 0 Å². The quantitative estimate of drug-likeness (QED) is 0.0262. The zero-order valence-corrected chi connectivity index (χ0v) is 45.2. The van der Waals surface area contributed by atoms with Crippen molar-refractivity contribution >= 4 is 17.9 Å². The second-order valence-corrected chi connectivity index (χ2v) is 17.7. The van der Waals surface area contributed by atoms with E-state index in [1.165, 1.54) is 25.7 Å². The maximum Gasteiger partial charge on any atom is 0.310 e. The average molecular weight is 978 g/mol. The van der Waals surface area contributed by atoms with E-state index in [1.54, 1.807) is 6.08 Å². The molecule has 0 saturated heterocycles. The minimum atomic E-state index is -0.851. The van der Waals surface area contributed by atoms with Crippen molar-refractivity contribution in [2.24, 2.45) is 0 Å². The smallest absolute Gasteiger partial charge is 0.310 e. The SMILES string of the molecule is CC/C=C\C/C=C\C/C=C\C/C=C\C/C=C\C/C=C\C/C=C\CCCCCCCC(=O)OCC(COC(=O)CCCCCCC/C=C\CCCC)OC(=O)C/C=C\C/C=C\C/C=C\C/C=C\C/C=C\CC. The zero-order valence-electron chi connectivity index (χ0n) is 45.2. The minimum Gasteiger partial charge on any atom is -0.462 e. The summed E-state index contributed by atoms with van der Waals surface area (Å²) in [6.07, 6.45) is 84.1. The Balaban J connectivity index is 4.46. The van der Waals surface area contributed by atoms with Gasteiger partial charge in [0.05, 0.1) is 6.42 Å². The van der Waals surface area contributed by atoms with E-state index in [1.807, 2.05) is 6.08 Å². The number of rotatable bonds is 48. The number of unbranched alkanes of at least 4 members (excludes halogenated alkanes) is 12. The third-order valence-electron chi connectivity index (χ3n) is 11.0. The molecule has 71 heavy (non-hydrogen) atoms. The molecule has 0 radical (unpaired) electrons. The van der Waals surface area contributed by atoms with Gasteiger partial charge in [-0.2, -0.15) is 0 Å². The Bertz CT molecular complexity index is 1640. The highest BCUT2D eigenvalue weighted by molar-refractivity contribution is 5.72. The summed E-state index contributed by atoms with van der Waals surface area (Å²) in [5, 5.41) is 0. The van der Waals surface area contributed by atoms with E-state index >= 15 is 0 Å². The molecule has 1 atom stereocenters. The lowest BCUT2D eigenvalue weighted by Crippen LogP contribution is -2.30. The molecule has 0 aromatic rings. The first-order chi connectivity index (χ1) is 35.0. The van der Waals surface area contributed by atoms with Crippen LogP contribution in [0.1, 0.15) is 213 Å². The first-order valence-electron chi connectivity index (χ1n) is 28.0. The summed E-state index contributed by atoms with van der Waals surface area (Å²) in [4.78, 5) is 38.0. The molecule has 0 aliphatic heterocycles. The largest absolute Gasteiger partial charge is 0.462 e. The van der Waals surface area contributed by atoms with Gasteiger partial charge in [-0.05, 0) is 122 Å². The van der Waals surface area contributed by atoms with Crippen LogP contribution in [0.25, 0.3) is 0 Å². The van der Waals surface area contributed by atoms with E-state index in [-0.39, 0.29) is 31.6 Å². The van der Waals surface area contributed by atoms with Gasteiger partial charge in [0, 0.05) is 12.8 Å². The van der Waals surface area contributed by atoms with Gasteiger partial charge in [-0.15, -0.1) is 0 Å². The maximum atomic E-state index is 12.8. The fourth-order valence-corrected chi connectivity index (χ4v) is 6.89. The van der Waals surface area contributed by atoms with Crippen LogP contribution in [0.15, 0.2) is 158 Å². The van der Waals surface area contributed by atoms with E-state index in [0.717, 1.165) is 141 Å². The van der Waals surface area contributed by atoms with Crippen molar-refractivity contribution in [1.29, 1.82) is 0 Å². The number of carbonyl (C=O) groups is 3. The van der Waals surface area contributed by atoms with Crippen molar-refractivity contribution in [2.75, 3.05) is 13.2 Å². The number of carbonyl (C=O) groups excluding carboxylic acids is 3. The van der Waals surface area contributed by atoms with Crippen LogP contribution in [0.2, 0.25) is 0 Å². The van der Waals surface area contributed by atoms with Gasteiger partial charge in [0.2, 0.25) is 0 Å². The number of hydrogen-bond acceptors (Lipinski definition) is 6. The van der Waals surface area contributed by atoms with Crippen LogP contribution >= 0.6 is 0 Å². The van der Waals surface area contributed by atoms with Crippen LogP contribution in [0.4, 0.5) is 0 Å². The number of hydrogen-bond donors (Lipinski definition) is 0. The average Bonchev–Trinajstić information content (AvgIpc) is 3.37. The Morgan fingerprint density at radius 3 is 0.944 bits per heavy atom. The van der Waals surface area contributed by atoms with Crippen LogP contribution in [-0.4, -0.2) is 37.2 Å². The van der Waals surface area contributed by atoms with E-state index in [4.69, 9.17) is 14.2 Å². The van der Waals surface area contributed by atoms with Gasteiger partial charge in [-0.1, -0.05) is 230 Å². The topological polar surface area (TPSA) is 78.9 Å². The molecule has 0 aromatic carbocycles. The lowest BCUT2D eigenvalue weighted by Gasteiger charge is -2.18. The molecule has 0 saturated carbocycles. The van der Waals surface area contributed by atoms with E-state index < -0.39 is 12.1 Å². The minimum absolute atomic E-state index is 0.0830. The summed E-state index contributed by atoms with van der Waals surface area (Å²) in [7, 11) is 0. The molecule has 6 nitrogen and oxygen atoms in total. The summed E-state index contributed by atoms with van der Waals surface area (Å²) in [6.45, 7) is 6.24. The number of esters is 3. The molecule has 0 aliphatic carbocycles. The summed E-state index contributed by atoms with van der Waals surface area (Å²) in [6, 6.07) is 0.